The molecule has 0 spiro atoms. The van der Waals surface area contributed by atoms with E-state index in [1.54, 1.807) is 58.9 Å². The summed E-state index contributed by atoms with van der Waals surface area (Å²) in [6.07, 6.45) is -0.249. The number of aromatic nitrogens is 2. The number of rotatable bonds is 9. The van der Waals surface area contributed by atoms with Crippen LogP contribution in [0.2, 0.25) is 5.02 Å². The molecule has 0 saturated heterocycles. The van der Waals surface area contributed by atoms with E-state index in [4.69, 9.17) is 16.3 Å². The standard InChI is InChI=1S/C25H29ClN4O5S/c1-6-29(7-2)36(33,34)18-12-13-23(35-16(3)4)20(15-18)27-25(32)24-22(31)14-17(5)30(28-24)21-11-9-8-10-19(21)26/h8-16H,6-7H2,1-5H3,(H,27,32). The van der Waals surface area contributed by atoms with E-state index < -0.39 is 21.4 Å². The number of aryl methyl sites for hydroxylation is 1. The zero-order valence-electron chi connectivity index (χ0n) is 20.8. The minimum absolute atomic E-state index is 0.0112. The Morgan fingerprint density at radius 3 is 2.42 bits per heavy atom. The second kappa shape index (κ2) is 11.2. The van der Waals surface area contributed by atoms with Crippen LogP contribution in [0.5, 0.6) is 5.75 Å². The number of carbonyl (C=O) groups excluding carboxylic acids is 1. The van der Waals surface area contributed by atoms with Gasteiger partial charge in [-0.05, 0) is 51.1 Å². The minimum Gasteiger partial charge on any atom is -0.489 e. The van der Waals surface area contributed by atoms with Crippen molar-refractivity contribution in [3.63, 3.8) is 0 Å². The fourth-order valence-electron chi connectivity index (χ4n) is 3.59. The largest absolute Gasteiger partial charge is 0.489 e. The minimum atomic E-state index is -3.80. The zero-order chi connectivity index (χ0) is 26.6. The monoisotopic (exact) mass is 532 g/mol. The number of ether oxygens (including phenoxy) is 1. The van der Waals surface area contributed by atoms with E-state index in [2.05, 4.69) is 10.4 Å². The van der Waals surface area contributed by atoms with Crippen LogP contribution in [0.15, 0.2) is 58.2 Å². The van der Waals surface area contributed by atoms with Crippen molar-refractivity contribution >= 4 is 33.2 Å². The second-order valence-corrected chi connectivity index (χ2v) is 10.6. The van der Waals surface area contributed by atoms with Gasteiger partial charge in [0.05, 0.1) is 27.4 Å². The first-order valence-electron chi connectivity index (χ1n) is 11.5. The molecule has 1 aromatic heterocycles. The number of sulfonamides is 1. The van der Waals surface area contributed by atoms with E-state index in [1.165, 1.54) is 33.3 Å². The molecule has 0 radical (unpaired) electrons. The average molecular weight is 533 g/mol. The van der Waals surface area contributed by atoms with Crippen molar-refractivity contribution in [2.75, 3.05) is 18.4 Å². The van der Waals surface area contributed by atoms with Crippen molar-refractivity contribution < 1.29 is 17.9 Å². The van der Waals surface area contributed by atoms with Crippen LogP contribution in [-0.2, 0) is 10.0 Å². The van der Waals surface area contributed by atoms with Gasteiger partial charge in [0.15, 0.2) is 5.69 Å². The first-order valence-corrected chi connectivity index (χ1v) is 13.3. The van der Waals surface area contributed by atoms with Crippen LogP contribution < -0.4 is 15.5 Å². The van der Waals surface area contributed by atoms with Gasteiger partial charge >= 0.3 is 0 Å². The topological polar surface area (TPSA) is 111 Å². The molecule has 1 amide bonds. The van der Waals surface area contributed by atoms with E-state index >= 15 is 0 Å². The number of amides is 1. The molecule has 192 valence electrons. The third kappa shape index (κ3) is 5.77. The Balaban J connectivity index is 2.07. The third-order valence-corrected chi connectivity index (χ3v) is 7.67. The summed E-state index contributed by atoms with van der Waals surface area (Å²) in [6.45, 7) is 9.35. The maximum absolute atomic E-state index is 13.2. The summed E-state index contributed by atoms with van der Waals surface area (Å²) in [7, 11) is -3.80. The van der Waals surface area contributed by atoms with Crippen LogP contribution in [0, 0.1) is 6.92 Å². The van der Waals surface area contributed by atoms with Crippen LogP contribution in [0.1, 0.15) is 43.9 Å². The highest BCUT2D eigenvalue weighted by Gasteiger charge is 2.25. The lowest BCUT2D eigenvalue weighted by atomic mass is 10.2. The summed E-state index contributed by atoms with van der Waals surface area (Å²) >= 11 is 6.29. The summed E-state index contributed by atoms with van der Waals surface area (Å²) in [5, 5.41) is 7.27. The first-order chi connectivity index (χ1) is 17.0. The van der Waals surface area contributed by atoms with Crippen LogP contribution >= 0.6 is 11.6 Å². The molecule has 3 rings (SSSR count). The molecule has 1 heterocycles. The first kappa shape index (κ1) is 27.4. The van der Waals surface area contributed by atoms with Crippen molar-refractivity contribution in [1.29, 1.82) is 0 Å². The molecule has 1 N–H and O–H groups in total. The molecule has 0 aliphatic rings. The Kier molecular flexibility index (Phi) is 8.55. The predicted molar refractivity (Wildman–Crippen MR) is 140 cm³/mol. The number of halogens is 1. The van der Waals surface area contributed by atoms with Gasteiger partial charge in [-0.3, -0.25) is 9.59 Å². The molecule has 0 fully saturated rings. The summed E-state index contributed by atoms with van der Waals surface area (Å²) in [5.74, 6) is -0.554. The van der Waals surface area contributed by atoms with Crippen molar-refractivity contribution in [1.82, 2.24) is 14.1 Å². The van der Waals surface area contributed by atoms with E-state index in [9.17, 15) is 18.0 Å². The Bertz CT molecular complexity index is 1430. The molecular weight excluding hydrogens is 504 g/mol. The van der Waals surface area contributed by atoms with Gasteiger partial charge in [0.2, 0.25) is 15.5 Å². The normalized spacial score (nSPS) is 11.7. The maximum atomic E-state index is 13.2. The van der Waals surface area contributed by atoms with E-state index in [0.717, 1.165) is 0 Å². The lowest BCUT2D eigenvalue weighted by molar-refractivity contribution is 0.101. The molecule has 9 nitrogen and oxygen atoms in total. The molecule has 2 aromatic carbocycles. The molecular formula is C25H29ClN4O5S. The van der Waals surface area contributed by atoms with Gasteiger partial charge in [-0.25, -0.2) is 13.1 Å². The molecule has 0 aliphatic carbocycles. The molecule has 0 unspecified atom stereocenters. The van der Waals surface area contributed by atoms with Gasteiger partial charge in [-0.1, -0.05) is 37.6 Å². The van der Waals surface area contributed by atoms with E-state index in [1.807, 2.05) is 0 Å². The van der Waals surface area contributed by atoms with Gasteiger partial charge in [0, 0.05) is 24.8 Å². The number of anilines is 1. The average Bonchev–Trinajstić information content (AvgIpc) is 2.81. The smallest absolute Gasteiger partial charge is 0.280 e. The maximum Gasteiger partial charge on any atom is 0.280 e. The molecule has 11 heteroatoms. The number of para-hydroxylation sites is 1. The van der Waals surface area contributed by atoms with Crippen LogP contribution in [0.3, 0.4) is 0 Å². The van der Waals surface area contributed by atoms with Crippen molar-refractivity contribution in [3.8, 4) is 11.4 Å². The highest BCUT2D eigenvalue weighted by molar-refractivity contribution is 7.89. The van der Waals surface area contributed by atoms with Crippen LogP contribution in [-0.4, -0.2) is 47.6 Å². The molecule has 3 aromatic rings. The number of hydrogen-bond acceptors (Lipinski definition) is 6. The highest BCUT2D eigenvalue weighted by Crippen LogP contribution is 2.30. The van der Waals surface area contributed by atoms with Gasteiger partial charge in [-0.15, -0.1) is 0 Å². The number of nitrogens with one attached hydrogen (secondary N) is 1. The number of nitrogens with zero attached hydrogens (tertiary/aromatic N) is 3. The van der Waals surface area contributed by atoms with Gasteiger partial charge < -0.3 is 10.1 Å². The Labute approximate surface area is 215 Å². The van der Waals surface area contributed by atoms with E-state index in [-0.39, 0.29) is 28.1 Å². The van der Waals surface area contributed by atoms with Crippen LogP contribution in [0.25, 0.3) is 5.69 Å². The third-order valence-electron chi connectivity index (χ3n) is 5.31. The Hall–Kier alpha value is -3.21. The van der Waals surface area contributed by atoms with Gasteiger partial charge in [0.1, 0.15) is 5.75 Å². The second-order valence-electron chi connectivity index (χ2n) is 8.23. The lowest BCUT2D eigenvalue weighted by Gasteiger charge is -2.20. The van der Waals surface area contributed by atoms with Gasteiger partial charge in [-0.2, -0.15) is 9.40 Å². The Morgan fingerprint density at radius 1 is 1.14 bits per heavy atom. The zero-order valence-corrected chi connectivity index (χ0v) is 22.4. The Morgan fingerprint density at radius 2 is 1.81 bits per heavy atom. The van der Waals surface area contributed by atoms with Gasteiger partial charge in [0.25, 0.3) is 5.91 Å². The molecule has 0 saturated carbocycles. The summed E-state index contributed by atoms with van der Waals surface area (Å²) in [5.41, 5.74) is 0.121. The SMILES string of the molecule is CCN(CC)S(=O)(=O)c1ccc(OC(C)C)c(NC(=O)c2nn(-c3ccccc3Cl)c(C)cc2=O)c1. The van der Waals surface area contributed by atoms with Crippen molar-refractivity contribution in [3.05, 3.63) is 75.2 Å². The number of carbonyl (C=O) groups is 1. The lowest BCUT2D eigenvalue weighted by Crippen LogP contribution is -2.31. The highest BCUT2D eigenvalue weighted by atomic mass is 35.5. The van der Waals surface area contributed by atoms with E-state index in [0.29, 0.717) is 29.5 Å². The number of benzene rings is 2. The quantitative estimate of drug-likeness (QED) is 0.441. The van der Waals surface area contributed by atoms with Crippen molar-refractivity contribution in [2.24, 2.45) is 0 Å². The molecule has 0 bridgehead atoms. The number of hydrogen-bond donors (Lipinski definition) is 1. The predicted octanol–water partition coefficient (Wildman–Crippen LogP) is 4.26. The molecule has 0 aliphatic heterocycles. The summed E-state index contributed by atoms with van der Waals surface area (Å²) in [6, 6.07) is 12.4. The van der Waals surface area contributed by atoms with Crippen LogP contribution in [0.4, 0.5) is 5.69 Å². The fraction of sp³-hybridized carbons (Fsp3) is 0.320. The summed E-state index contributed by atoms with van der Waals surface area (Å²) < 4.78 is 34.6. The fourth-order valence-corrected chi connectivity index (χ4v) is 5.29. The van der Waals surface area contributed by atoms with Crippen molar-refractivity contribution in [2.45, 2.75) is 45.6 Å². The summed E-state index contributed by atoms with van der Waals surface area (Å²) in [4.78, 5) is 25.9. The molecule has 0 atom stereocenters. The molecule has 36 heavy (non-hydrogen) atoms.